The number of cyclic esters (lactones) is 1. The van der Waals surface area contributed by atoms with Crippen LogP contribution in [0, 0.1) is 5.82 Å². The van der Waals surface area contributed by atoms with Crippen molar-refractivity contribution >= 4 is 30.1 Å². The standard InChI is InChI=1S/C11H11ClFNO3.ClH/c1-2-16-10-7(12)3-6(4-8(10)13)9-5-17-11(15)14-9;/h3-4,9H,2,5H2,1H3,(H,14,15);1H/t9-;/m1./s1. The number of ether oxygens (including phenoxy) is 2. The van der Waals surface area contributed by atoms with Crippen LogP contribution in [0.2, 0.25) is 5.02 Å². The number of alkyl carbamates (subject to hydrolysis) is 1. The molecular formula is C11H12Cl2FNO3. The Hall–Kier alpha value is -1.20. The lowest BCUT2D eigenvalue weighted by molar-refractivity contribution is 0.177. The number of carbonyl (C=O) groups excluding carboxylic acids is 1. The number of nitrogens with one attached hydrogen (secondary N) is 1. The van der Waals surface area contributed by atoms with Crippen LogP contribution < -0.4 is 10.1 Å². The summed E-state index contributed by atoms with van der Waals surface area (Å²) in [6.45, 7) is 2.25. The van der Waals surface area contributed by atoms with E-state index in [4.69, 9.17) is 21.1 Å². The minimum atomic E-state index is -0.546. The molecule has 1 atom stereocenters. The Bertz CT molecular complexity index is 433. The van der Waals surface area contributed by atoms with Gasteiger partial charge in [0.15, 0.2) is 11.6 Å². The van der Waals surface area contributed by atoms with Crippen LogP contribution in [-0.4, -0.2) is 19.3 Å². The van der Waals surface area contributed by atoms with Crippen LogP contribution in [0.1, 0.15) is 18.5 Å². The molecule has 4 nitrogen and oxygen atoms in total. The smallest absolute Gasteiger partial charge is 0.407 e. The molecule has 1 aromatic rings. The van der Waals surface area contributed by atoms with Gasteiger partial charge in [0, 0.05) is 0 Å². The zero-order valence-corrected chi connectivity index (χ0v) is 11.1. The largest absolute Gasteiger partial charge is 0.489 e. The lowest BCUT2D eigenvalue weighted by Gasteiger charge is -2.12. The van der Waals surface area contributed by atoms with Crippen molar-refractivity contribution in [2.75, 3.05) is 13.2 Å². The highest BCUT2D eigenvalue weighted by Gasteiger charge is 2.25. The van der Waals surface area contributed by atoms with Gasteiger partial charge < -0.3 is 14.8 Å². The molecule has 100 valence electrons. The van der Waals surface area contributed by atoms with Crippen LogP contribution in [0.5, 0.6) is 5.75 Å². The molecule has 0 radical (unpaired) electrons. The predicted octanol–water partition coefficient (Wildman–Crippen LogP) is 3.08. The molecule has 1 saturated heterocycles. The summed E-state index contributed by atoms with van der Waals surface area (Å²) in [5.74, 6) is -0.515. The Labute approximate surface area is 115 Å². The van der Waals surface area contributed by atoms with Crippen LogP contribution in [0.3, 0.4) is 0 Å². The Morgan fingerprint density at radius 1 is 1.61 bits per heavy atom. The van der Waals surface area contributed by atoms with Gasteiger partial charge in [-0.15, -0.1) is 12.4 Å². The number of benzene rings is 1. The van der Waals surface area contributed by atoms with Crippen molar-refractivity contribution in [1.82, 2.24) is 5.32 Å². The van der Waals surface area contributed by atoms with Gasteiger partial charge in [0.05, 0.1) is 17.7 Å². The molecule has 0 unspecified atom stereocenters. The Kier molecular flexibility index (Phi) is 5.04. The third kappa shape index (κ3) is 2.97. The third-order valence-electron chi connectivity index (χ3n) is 2.38. The first-order valence-corrected chi connectivity index (χ1v) is 5.54. The number of amides is 1. The highest BCUT2D eigenvalue weighted by molar-refractivity contribution is 6.32. The van der Waals surface area contributed by atoms with Gasteiger partial charge in [0.25, 0.3) is 0 Å². The van der Waals surface area contributed by atoms with E-state index in [0.717, 1.165) is 0 Å². The molecular weight excluding hydrogens is 284 g/mol. The van der Waals surface area contributed by atoms with Gasteiger partial charge in [-0.1, -0.05) is 11.6 Å². The van der Waals surface area contributed by atoms with Crippen LogP contribution in [0.4, 0.5) is 9.18 Å². The van der Waals surface area contributed by atoms with Gasteiger partial charge in [-0.2, -0.15) is 0 Å². The zero-order valence-electron chi connectivity index (χ0n) is 9.54. The highest BCUT2D eigenvalue weighted by Crippen LogP contribution is 2.32. The molecule has 0 saturated carbocycles. The molecule has 7 heteroatoms. The number of hydrogen-bond donors (Lipinski definition) is 1. The Morgan fingerprint density at radius 2 is 2.33 bits per heavy atom. The van der Waals surface area contributed by atoms with Crippen LogP contribution in [-0.2, 0) is 4.74 Å². The van der Waals surface area contributed by atoms with Crippen molar-refractivity contribution in [3.8, 4) is 5.75 Å². The molecule has 1 N–H and O–H groups in total. The van der Waals surface area contributed by atoms with E-state index >= 15 is 0 Å². The average Bonchev–Trinajstić information content (AvgIpc) is 2.70. The second-order valence-electron chi connectivity index (χ2n) is 3.54. The van der Waals surface area contributed by atoms with Crippen molar-refractivity contribution in [2.45, 2.75) is 13.0 Å². The maximum atomic E-state index is 13.7. The minimum Gasteiger partial charge on any atom is -0.489 e. The van der Waals surface area contributed by atoms with Gasteiger partial charge in [0.2, 0.25) is 0 Å². The summed E-state index contributed by atoms with van der Waals surface area (Å²) in [6, 6.07) is 2.48. The van der Waals surface area contributed by atoms with Crippen molar-refractivity contribution in [1.29, 1.82) is 0 Å². The summed E-state index contributed by atoms with van der Waals surface area (Å²) in [5.41, 5.74) is 0.557. The fourth-order valence-corrected chi connectivity index (χ4v) is 1.90. The lowest BCUT2D eigenvalue weighted by atomic mass is 10.1. The molecule has 0 aliphatic carbocycles. The lowest BCUT2D eigenvalue weighted by Crippen LogP contribution is -2.18. The van der Waals surface area contributed by atoms with E-state index < -0.39 is 11.9 Å². The summed E-state index contributed by atoms with van der Waals surface area (Å²) in [6.07, 6.45) is -0.514. The molecule has 1 aliphatic rings. The molecule has 0 spiro atoms. The topological polar surface area (TPSA) is 47.6 Å². The monoisotopic (exact) mass is 295 g/mol. The molecule has 1 aromatic carbocycles. The average molecular weight is 296 g/mol. The van der Waals surface area contributed by atoms with E-state index in [0.29, 0.717) is 12.2 Å². The molecule has 2 rings (SSSR count). The van der Waals surface area contributed by atoms with Gasteiger partial charge >= 0.3 is 6.09 Å². The second kappa shape index (κ2) is 6.11. The minimum absolute atomic E-state index is 0. The third-order valence-corrected chi connectivity index (χ3v) is 2.67. The fraction of sp³-hybridized carbons (Fsp3) is 0.364. The summed E-state index contributed by atoms with van der Waals surface area (Å²) >= 11 is 5.91. The quantitative estimate of drug-likeness (QED) is 0.932. The van der Waals surface area contributed by atoms with Gasteiger partial charge in [-0.05, 0) is 24.6 Å². The normalized spacial score (nSPS) is 17.7. The number of rotatable bonds is 3. The second-order valence-corrected chi connectivity index (χ2v) is 3.95. The van der Waals surface area contributed by atoms with E-state index in [1.54, 1.807) is 13.0 Å². The maximum Gasteiger partial charge on any atom is 0.407 e. The molecule has 1 amide bonds. The molecule has 1 fully saturated rings. The van der Waals surface area contributed by atoms with Crippen LogP contribution in [0.15, 0.2) is 12.1 Å². The summed E-state index contributed by atoms with van der Waals surface area (Å²) in [5, 5.41) is 2.73. The Balaban J connectivity index is 0.00000162. The first-order valence-electron chi connectivity index (χ1n) is 5.17. The van der Waals surface area contributed by atoms with Gasteiger partial charge in [-0.3, -0.25) is 0 Å². The van der Waals surface area contributed by atoms with E-state index in [2.05, 4.69) is 5.32 Å². The summed E-state index contributed by atoms with van der Waals surface area (Å²) < 4.78 is 23.5. The number of hydrogen-bond acceptors (Lipinski definition) is 3. The van der Waals surface area contributed by atoms with Crippen molar-refractivity contribution in [2.24, 2.45) is 0 Å². The zero-order chi connectivity index (χ0) is 12.4. The van der Waals surface area contributed by atoms with Crippen molar-refractivity contribution < 1.29 is 18.7 Å². The van der Waals surface area contributed by atoms with Crippen molar-refractivity contribution in [3.63, 3.8) is 0 Å². The summed E-state index contributed by atoms with van der Waals surface area (Å²) in [4.78, 5) is 10.9. The fourth-order valence-electron chi connectivity index (χ4n) is 1.63. The van der Waals surface area contributed by atoms with Crippen LogP contribution in [0.25, 0.3) is 0 Å². The molecule has 1 aliphatic heterocycles. The molecule has 18 heavy (non-hydrogen) atoms. The Morgan fingerprint density at radius 3 is 2.83 bits per heavy atom. The van der Waals surface area contributed by atoms with Crippen LogP contribution >= 0.6 is 24.0 Å². The van der Waals surface area contributed by atoms with E-state index in [-0.39, 0.29) is 35.8 Å². The predicted molar refractivity (Wildman–Crippen MR) is 67.1 cm³/mol. The molecule has 0 aromatic heterocycles. The first kappa shape index (κ1) is 14.9. The maximum absolute atomic E-state index is 13.7. The van der Waals surface area contributed by atoms with E-state index in [9.17, 15) is 9.18 Å². The van der Waals surface area contributed by atoms with E-state index in [1.807, 2.05) is 0 Å². The van der Waals surface area contributed by atoms with Crippen molar-refractivity contribution in [3.05, 3.63) is 28.5 Å². The molecule has 0 bridgehead atoms. The molecule has 1 heterocycles. The van der Waals surface area contributed by atoms with Gasteiger partial charge in [0.1, 0.15) is 6.61 Å². The van der Waals surface area contributed by atoms with Gasteiger partial charge in [-0.25, -0.2) is 9.18 Å². The van der Waals surface area contributed by atoms with E-state index in [1.165, 1.54) is 6.07 Å². The number of halogens is 3. The number of carbonyl (C=O) groups is 1. The highest BCUT2D eigenvalue weighted by atomic mass is 35.5. The first-order chi connectivity index (χ1) is 8.11. The SMILES string of the molecule is CCOc1c(F)cc([C@H]2COC(=O)N2)cc1Cl.Cl. The summed E-state index contributed by atoms with van der Waals surface area (Å²) in [7, 11) is 0.